The number of fused-ring (bicyclic) bond motifs is 1. The van der Waals surface area contributed by atoms with Crippen LogP contribution in [0.4, 0.5) is 5.69 Å². The van der Waals surface area contributed by atoms with Crippen molar-refractivity contribution in [1.82, 2.24) is 19.7 Å². The Hall–Kier alpha value is -3.81. The molecule has 0 spiro atoms. The molecule has 1 amide bonds. The molecule has 8 nitrogen and oxygen atoms in total. The van der Waals surface area contributed by atoms with Gasteiger partial charge in [0.1, 0.15) is 6.54 Å². The van der Waals surface area contributed by atoms with Crippen LogP contribution in [0.5, 0.6) is 0 Å². The maximum Gasteiger partial charge on any atom is 0.261 e. The lowest BCUT2D eigenvalue weighted by Gasteiger charge is -2.13. The van der Waals surface area contributed by atoms with Crippen LogP contribution in [0.15, 0.2) is 52.0 Å². The highest BCUT2D eigenvalue weighted by atomic mass is 16.5. The first-order chi connectivity index (χ1) is 14.8. The van der Waals surface area contributed by atoms with Crippen molar-refractivity contribution < 1.29 is 9.32 Å². The Morgan fingerprint density at radius 2 is 1.87 bits per heavy atom. The molecule has 1 N–H and O–H groups in total. The van der Waals surface area contributed by atoms with E-state index in [1.54, 1.807) is 12.1 Å². The third-order valence-electron chi connectivity index (χ3n) is 5.09. The van der Waals surface area contributed by atoms with Gasteiger partial charge in [-0.05, 0) is 37.1 Å². The molecule has 2 aromatic carbocycles. The van der Waals surface area contributed by atoms with E-state index in [4.69, 9.17) is 4.52 Å². The zero-order chi connectivity index (χ0) is 22.1. The number of rotatable bonds is 5. The molecule has 31 heavy (non-hydrogen) atoms. The number of benzene rings is 2. The van der Waals surface area contributed by atoms with Gasteiger partial charge in [0, 0.05) is 5.92 Å². The van der Waals surface area contributed by atoms with Crippen LogP contribution < -0.4 is 10.9 Å². The van der Waals surface area contributed by atoms with E-state index in [2.05, 4.69) is 20.4 Å². The summed E-state index contributed by atoms with van der Waals surface area (Å²) in [5.41, 5.74) is 3.34. The van der Waals surface area contributed by atoms with Crippen LogP contribution in [0.1, 0.15) is 36.7 Å². The number of carbonyl (C=O) groups is 1. The standard InChI is InChI=1S/C23H23N5O3/c1-13(2)21-26-22(31-27-21)16-9-5-8-15(4)20(16)25-18(29)11-28-12-24-19-14(3)7-6-10-17(19)23(28)30/h5-10,12-13H,11H2,1-4H3,(H,25,29). The highest BCUT2D eigenvalue weighted by molar-refractivity contribution is 5.95. The van der Waals surface area contributed by atoms with Gasteiger partial charge in [0.25, 0.3) is 11.4 Å². The third-order valence-corrected chi connectivity index (χ3v) is 5.09. The second kappa shape index (κ2) is 8.14. The molecular weight excluding hydrogens is 394 g/mol. The Morgan fingerprint density at radius 1 is 1.13 bits per heavy atom. The Morgan fingerprint density at radius 3 is 2.61 bits per heavy atom. The van der Waals surface area contributed by atoms with E-state index < -0.39 is 0 Å². The monoisotopic (exact) mass is 417 g/mol. The predicted molar refractivity (Wildman–Crippen MR) is 118 cm³/mol. The minimum absolute atomic E-state index is 0.122. The first-order valence-electron chi connectivity index (χ1n) is 10.0. The maximum absolute atomic E-state index is 12.8. The van der Waals surface area contributed by atoms with E-state index in [0.29, 0.717) is 33.9 Å². The number of hydrogen-bond donors (Lipinski definition) is 1. The van der Waals surface area contributed by atoms with Crippen molar-refractivity contribution in [1.29, 1.82) is 0 Å². The van der Waals surface area contributed by atoms with Gasteiger partial charge in [-0.1, -0.05) is 43.3 Å². The largest absolute Gasteiger partial charge is 0.334 e. The van der Waals surface area contributed by atoms with Crippen LogP contribution in [0.2, 0.25) is 0 Å². The summed E-state index contributed by atoms with van der Waals surface area (Å²) < 4.78 is 6.71. The first kappa shape index (κ1) is 20.5. The molecule has 0 unspecified atom stereocenters. The fraction of sp³-hybridized carbons (Fsp3) is 0.261. The van der Waals surface area contributed by atoms with Gasteiger partial charge < -0.3 is 9.84 Å². The summed E-state index contributed by atoms with van der Waals surface area (Å²) in [6.45, 7) is 7.57. The smallest absolute Gasteiger partial charge is 0.261 e. The molecular formula is C23H23N5O3. The molecule has 158 valence electrons. The van der Waals surface area contributed by atoms with E-state index >= 15 is 0 Å². The molecule has 4 rings (SSSR count). The molecule has 0 bridgehead atoms. The van der Waals surface area contributed by atoms with Gasteiger partial charge in [0.2, 0.25) is 5.91 Å². The molecule has 0 atom stereocenters. The lowest BCUT2D eigenvalue weighted by atomic mass is 10.1. The van der Waals surface area contributed by atoms with Gasteiger partial charge in [-0.3, -0.25) is 14.2 Å². The molecule has 0 aliphatic heterocycles. The van der Waals surface area contributed by atoms with Gasteiger partial charge in [-0.25, -0.2) is 4.98 Å². The van der Waals surface area contributed by atoms with E-state index in [0.717, 1.165) is 11.1 Å². The SMILES string of the molecule is Cc1cccc(-c2nc(C(C)C)no2)c1NC(=O)Cn1cnc2c(C)cccc2c1=O. The first-order valence-corrected chi connectivity index (χ1v) is 10.0. The highest BCUT2D eigenvalue weighted by Gasteiger charge is 2.18. The molecule has 0 aliphatic rings. The van der Waals surface area contributed by atoms with Crippen molar-refractivity contribution in [2.45, 2.75) is 40.2 Å². The van der Waals surface area contributed by atoms with Crippen molar-refractivity contribution >= 4 is 22.5 Å². The summed E-state index contributed by atoms with van der Waals surface area (Å²) in [4.78, 5) is 34.4. The van der Waals surface area contributed by atoms with Gasteiger partial charge in [0.05, 0.1) is 28.5 Å². The number of nitrogens with one attached hydrogen (secondary N) is 1. The normalized spacial score (nSPS) is 11.3. The number of amides is 1. The summed E-state index contributed by atoms with van der Waals surface area (Å²) in [5.74, 6) is 0.701. The van der Waals surface area contributed by atoms with Gasteiger partial charge in [0.15, 0.2) is 5.82 Å². The van der Waals surface area contributed by atoms with Gasteiger partial charge >= 0.3 is 0 Å². The summed E-state index contributed by atoms with van der Waals surface area (Å²) in [5, 5.41) is 7.39. The molecule has 0 aliphatic carbocycles. The van der Waals surface area contributed by atoms with Crippen molar-refractivity contribution in [2.75, 3.05) is 5.32 Å². The van der Waals surface area contributed by atoms with E-state index in [-0.39, 0.29) is 23.9 Å². The molecule has 4 aromatic rings. The van der Waals surface area contributed by atoms with E-state index in [1.165, 1.54) is 10.9 Å². The number of nitrogens with zero attached hydrogens (tertiary/aromatic N) is 4. The van der Waals surface area contributed by atoms with Crippen LogP contribution >= 0.6 is 0 Å². The summed E-state index contributed by atoms with van der Waals surface area (Å²) in [6, 6.07) is 11.0. The minimum atomic E-state index is -0.352. The number of para-hydroxylation sites is 2. The van der Waals surface area contributed by atoms with Crippen LogP contribution in [-0.2, 0) is 11.3 Å². The quantitative estimate of drug-likeness (QED) is 0.529. The molecule has 0 saturated carbocycles. The zero-order valence-electron chi connectivity index (χ0n) is 17.8. The lowest BCUT2D eigenvalue weighted by Crippen LogP contribution is -2.28. The number of aryl methyl sites for hydroxylation is 2. The van der Waals surface area contributed by atoms with Crippen molar-refractivity contribution in [3.63, 3.8) is 0 Å². The lowest BCUT2D eigenvalue weighted by molar-refractivity contribution is -0.116. The van der Waals surface area contributed by atoms with Crippen molar-refractivity contribution in [3.8, 4) is 11.5 Å². The fourth-order valence-corrected chi connectivity index (χ4v) is 3.37. The van der Waals surface area contributed by atoms with E-state index in [1.807, 2.05) is 52.0 Å². The van der Waals surface area contributed by atoms with Crippen LogP contribution in [-0.4, -0.2) is 25.6 Å². The van der Waals surface area contributed by atoms with Gasteiger partial charge in [-0.2, -0.15) is 4.98 Å². The minimum Gasteiger partial charge on any atom is -0.334 e. The Balaban J connectivity index is 1.63. The van der Waals surface area contributed by atoms with Gasteiger partial charge in [-0.15, -0.1) is 0 Å². The van der Waals surface area contributed by atoms with Crippen molar-refractivity contribution in [3.05, 3.63) is 70.0 Å². The maximum atomic E-state index is 12.8. The number of carbonyl (C=O) groups excluding carboxylic acids is 1. The highest BCUT2D eigenvalue weighted by Crippen LogP contribution is 2.30. The molecule has 0 radical (unpaired) electrons. The topological polar surface area (TPSA) is 103 Å². The van der Waals surface area contributed by atoms with Crippen LogP contribution in [0.25, 0.3) is 22.4 Å². The third kappa shape index (κ3) is 3.96. The van der Waals surface area contributed by atoms with Crippen molar-refractivity contribution in [2.24, 2.45) is 0 Å². The molecule has 2 heterocycles. The summed E-state index contributed by atoms with van der Waals surface area (Å²) in [7, 11) is 0. The Kier molecular flexibility index (Phi) is 5.37. The van der Waals surface area contributed by atoms with Crippen LogP contribution in [0.3, 0.4) is 0 Å². The molecule has 0 saturated heterocycles. The van der Waals surface area contributed by atoms with E-state index in [9.17, 15) is 9.59 Å². The molecule has 0 fully saturated rings. The fourth-order valence-electron chi connectivity index (χ4n) is 3.37. The molecule has 8 heteroatoms. The Labute approximate surface area is 178 Å². The number of aromatic nitrogens is 4. The van der Waals surface area contributed by atoms with Crippen LogP contribution in [0, 0.1) is 13.8 Å². The average Bonchev–Trinajstić information content (AvgIpc) is 3.22. The number of hydrogen-bond acceptors (Lipinski definition) is 6. The average molecular weight is 417 g/mol. The number of anilines is 1. The second-order valence-electron chi connectivity index (χ2n) is 7.81. The Bertz CT molecular complexity index is 1340. The zero-order valence-corrected chi connectivity index (χ0v) is 17.8. The summed E-state index contributed by atoms with van der Waals surface area (Å²) in [6.07, 6.45) is 1.41. The molecule has 2 aromatic heterocycles. The second-order valence-corrected chi connectivity index (χ2v) is 7.81. The predicted octanol–water partition coefficient (Wildman–Crippen LogP) is 3.83. The summed E-state index contributed by atoms with van der Waals surface area (Å²) >= 11 is 0.